The van der Waals surface area contributed by atoms with Gasteiger partial charge in [0.2, 0.25) is 5.91 Å². The third-order valence-electron chi connectivity index (χ3n) is 5.16. The number of amides is 1. The normalized spacial score (nSPS) is 14.5. The van der Waals surface area contributed by atoms with Gasteiger partial charge < -0.3 is 10.2 Å². The van der Waals surface area contributed by atoms with Crippen LogP contribution in [-0.4, -0.2) is 29.0 Å². The van der Waals surface area contributed by atoms with E-state index >= 15 is 0 Å². The van der Waals surface area contributed by atoms with Gasteiger partial charge in [-0.15, -0.1) is 0 Å². The van der Waals surface area contributed by atoms with Gasteiger partial charge in [0.1, 0.15) is 10.8 Å². The van der Waals surface area contributed by atoms with E-state index in [1.54, 1.807) is 36.3 Å². The lowest BCUT2D eigenvalue weighted by molar-refractivity contribution is -0.120. The Bertz CT molecular complexity index is 1000. The van der Waals surface area contributed by atoms with Crippen molar-refractivity contribution in [1.82, 2.24) is 9.97 Å². The van der Waals surface area contributed by atoms with Crippen molar-refractivity contribution >= 4 is 29.2 Å². The third-order valence-corrected chi connectivity index (χ3v) is 6.15. The van der Waals surface area contributed by atoms with Gasteiger partial charge in [0.05, 0.1) is 0 Å². The van der Waals surface area contributed by atoms with Crippen LogP contribution < -0.4 is 10.2 Å². The highest BCUT2D eigenvalue weighted by Gasteiger charge is 2.27. The van der Waals surface area contributed by atoms with Crippen molar-refractivity contribution in [2.45, 2.75) is 29.7 Å². The van der Waals surface area contributed by atoms with E-state index in [1.165, 1.54) is 17.7 Å². The summed E-state index contributed by atoms with van der Waals surface area (Å²) in [7, 11) is 0. The zero-order valence-electron chi connectivity index (χ0n) is 16.7. The van der Waals surface area contributed by atoms with E-state index in [0.29, 0.717) is 5.69 Å². The lowest BCUT2D eigenvalue weighted by Crippen LogP contribution is -2.38. The smallest absolute Gasteiger partial charge is 0.227 e. The summed E-state index contributed by atoms with van der Waals surface area (Å²) < 4.78 is 13.0. The molecule has 154 valence electrons. The van der Waals surface area contributed by atoms with Gasteiger partial charge in [-0.05, 0) is 56.2 Å². The second kappa shape index (κ2) is 9.26. The summed E-state index contributed by atoms with van der Waals surface area (Å²) in [5.41, 5.74) is 1.84. The predicted octanol–water partition coefficient (Wildman–Crippen LogP) is 4.93. The average Bonchev–Trinajstić information content (AvgIpc) is 2.77. The van der Waals surface area contributed by atoms with E-state index in [0.717, 1.165) is 41.7 Å². The molecule has 0 radical (unpaired) electrons. The Balaban J connectivity index is 1.38. The topological polar surface area (TPSA) is 58.1 Å². The number of hydrogen-bond acceptors (Lipinski definition) is 5. The number of carbonyl (C=O) groups excluding carboxylic acids is 1. The standard InChI is InChI=1S/C23H23FN4OS/c1-16-2-8-20(9-3-16)30-23-21(25-12-13-26-23)28-14-10-17(11-15-28)22(29)27-19-6-4-18(24)5-7-19/h2-9,12-13,17H,10-11,14-15H2,1H3,(H,27,29). The van der Waals surface area contributed by atoms with Crippen LogP contribution in [0.4, 0.5) is 15.9 Å². The molecule has 1 fully saturated rings. The van der Waals surface area contributed by atoms with Gasteiger partial charge in [0.25, 0.3) is 0 Å². The molecule has 0 bridgehead atoms. The lowest BCUT2D eigenvalue weighted by Gasteiger charge is -2.32. The zero-order valence-corrected chi connectivity index (χ0v) is 17.5. The van der Waals surface area contributed by atoms with E-state index in [4.69, 9.17) is 0 Å². The molecule has 1 amide bonds. The largest absolute Gasteiger partial charge is 0.354 e. The number of nitrogens with one attached hydrogen (secondary N) is 1. The fourth-order valence-electron chi connectivity index (χ4n) is 3.46. The first-order chi connectivity index (χ1) is 14.6. The second-order valence-electron chi connectivity index (χ2n) is 7.36. The molecule has 4 rings (SSSR count). The quantitative estimate of drug-likeness (QED) is 0.632. The highest BCUT2D eigenvalue weighted by molar-refractivity contribution is 7.99. The van der Waals surface area contributed by atoms with Crippen molar-refractivity contribution in [1.29, 1.82) is 0 Å². The minimum Gasteiger partial charge on any atom is -0.354 e. The summed E-state index contributed by atoms with van der Waals surface area (Å²) >= 11 is 1.60. The molecule has 0 spiro atoms. The molecule has 0 saturated carbocycles. The molecule has 1 N–H and O–H groups in total. The van der Waals surface area contributed by atoms with Gasteiger partial charge >= 0.3 is 0 Å². The number of aryl methyl sites for hydroxylation is 1. The number of nitrogens with zero attached hydrogens (tertiary/aromatic N) is 3. The first-order valence-electron chi connectivity index (χ1n) is 9.95. The van der Waals surface area contributed by atoms with E-state index in [9.17, 15) is 9.18 Å². The van der Waals surface area contributed by atoms with Crippen LogP contribution in [-0.2, 0) is 4.79 Å². The Morgan fingerprint density at radius 3 is 2.40 bits per heavy atom. The van der Waals surface area contributed by atoms with Gasteiger partial charge in [-0.3, -0.25) is 4.79 Å². The monoisotopic (exact) mass is 422 g/mol. The average molecular weight is 423 g/mol. The van der Waals surface area contributed by atoms with Gasteiger partial charge in [0.15, 0.2) is 5.82 Å². The number of hydrogen-bond donors (Lipinski definition) is 1. The number of rotatable bonds is 5. The second-order valence-corrected chi connectivity index (χ2v) is 8.42. The van der Waals surface area contributed by atoms with E-state index in [1.807, 2.05) is 0 Å². The Labute approximate surface area is 179 Å². The Hall–Kier alpha value is -2.93. The number of aromatic nitrogens is 2. The highest BCUT2D eigenvalue weighted by Crippen LogP contribution is 2.34. The predicted molar refractivity (Wildman–Crippen MR) is 117 cm³/mol. The van der Waals surface area contributed by atoms with Crippen LogP contribution >= 0.6 is 11.8 Å². The maximum Gasteiger partial charge on any atom is 0.227 e. The molecular formula is C23H23FN4OS. The minimum absolute atomic E-state index is 0.0188. The summed E-state index contributed by atoms with van der Waals surface area (Å²) in [5, 5.41) is 3.76. The van der Waals surface area contributed by atoms with Crippen LogP contribution in [0.25, 0.3) is 0 Å². The zero-order chi connectivity index (χ0) is 20.9. The molecule has 1 aliphatic heterocycles. The minimum atomic E-state index is -0.315. The summed E-state index contributed by atoms with van der Waals surface area (Å²) in [5.74, 6) is 0.455. The molecule has 0 aliphatic carbocycles. The molecule has 3 aromatic rings. The van der Waals surface area contributed by atoms with Crippen LogP contribution in [0.3, 0.4) is 0 Å². The molecule has 0 unspecified atom stereocenters. The van der Waals surface area contributed by atoms with Crippen molar-refractivity contribution in [3.05, 3.63) is 72.3 Å². The Morgan fingerprint density at radius 2 is 1.70 bits per heavy atom. The van der Waals surface area contributed by atoms with Gasteiger partial charge in [-0.25, -0.2) is 14.4 Å². The van der Waals surface area contributed by atoms with Crippen molar-refractivity contribution in [3.63, 3.8) is 0 Å². The summed E-state index contributed by atoms with van der Waals surface area (Å²) in [6.45, 7) is 3.54. The van der Waals surface area contributed by atoms with E-state index in [-0.39, 0.29) is 17.6 Å². The summed E-state index contributed by atoms with van der Waals surface area (Å²) in [4.78, 5) is 25.0. The first kappa shape index (κ1) is 20.3. The van der Waals surface area contributed by atoms with Crippen molar-refractivity contribution in [3.8, 4) is 0 Å². The van der Waals surface area contributed by atoms with E-state index < -0.39 is 0 Å². The lowest BCUT2D eigenvalue weighted by atomic mass is 9.96. The molecule has 1 saturated heterocycles. The van der Waals surface area contributed by atoms with Gasteiger partial charge in [-0.1, -0.05) is 29.5 Å². The fraction of sp³-hybridized carbons (Fsp3) is 0.261. The van der Waals surface area contributed by atoms with Crippen LogP contribution in [0.2, 0.25) is 0 Å². The summed E-state index contributed by atoms with van der Waals surface area (Å²) in [6.07, 6.45) is 4.89. The van der Waals surface area contributed by atoms with Crippen LogP contribution in [0, 0.1) is 18.7 Å². The van der Waals surface area contributed by atoms with Crippen LogP contribution in [0.5, 0.6) is 0 Å². The number of anilines is 2. The van der Waals surface area contributed by atoms with Crippen molar-refractivity contribution in [2.75, 3.05) is 23.3 Å². The van der Waals surface area contributed by atoms with Gasteiger partial charge in [-0.2, -0.15) is 0 Å². The number of halogens is 1. The van der Waals surface area contributed by atoms with E-state index in [2.05, 4.69) is 51.4 Å². The highest BCUT2D eigenvalue weighted by atomic mass is 32.2. The molecule has 1 aliphatic rings. The molecule has 0 atom stereocenters. The molecule has 5 nitrogen and oxygen atoms in total. The number of piperidine rings is 1. The number of carbonyl (C=O) groups is 1. The molecule has 1 aromatic heterocycles. The maximum atomic E-state index is 13.0. The third kappa shape index (κ3) is 4.97. The Kier molecular flexibility index (Phi) is 6.28. The molecule has 7 heteroatoms. The molecule has 30 heavy (non-hydrogen) atoms. The summed E-state index contributed by atoms with van der Waals surface area (Å²) in [6, 6.07) is 14.2. The van der Waals surface area contributed by atoms with Crippen molar-refractivity contribution in [2.24, 2.45) is 5.92 Å². The van der Waals surface area contributed by atoms with Crippen molar-refractivity contribution < 1.29 is 9.18 Å². The SMILES string of the molecule is Cc1ccc(Sc2nccnc2N2CCC(C(=O)Nc3ccc(F)cc3)CC2)cc1. The number of benzene rings is 2. The van der Waals surface area contributed by atoms with Crippen LogP contribution in [0.15, 0.2) is 70.8 Å². The fourth-order valence-corrected chi connectivity index (χ4v) is 4.34. The first-order valence-corrected chi connectivity index (χ1v) is 10.8. The Morgan fingerprint density at radius 1 is 1.03 bits per heavy atom. The molecule has 2 heterocycles. The molecule has 2 aromatic carbocycles. The maximum absolute atomic E-state index is 13.0. The van der Waals surface area contributed by atoms with Gasteiger partial charge in [0, 0.05) is 42.0 Å². The van der Waals surface area contributed by atoms with Crippen LogP contribution in [0.1, 0.15) is 18.4 Å². The molecular weight excluding hydrogens is 399 g/mol.